The van der Waals surface area contributed by atoms with Crippen molar-refractivity contribution in [2.45, 2.75) is 44.6 Å². The van der Waals surface area contributed by atoms with Crippen LogP contribution in [0.5, 0.6) is 0 Å². The predicted molar refractivity (Wildman–Crippen MR) is 81.7 cm³/mol. The lowest BCUT2D eigenvalue weighted by molar-refractivity contribution is 0.0913. The average Bonchev–Trinajstić information content (AvgIpc) is 2.46. The van der Waals surface area contributed by atoms with Crippen LogP contribution in [0.25, 0.3) is 0 Å². The van der Waals surface area contributed by atoms with E-state index in [2.05, 4.69) is 4.72 Å². The molecule has 0 saturated carbocycles. The van der Waals surface area contributed by atoms with E-state index >= 15 is 0 Å². The van der Waals surface area contributed by atoms with Crippen LogP contribution in [-0.2, 0) is 10.0 Å². The summed E-state index contributed by atoms with van der Waals surface area (Å²) in [4.78, 5) is 12.3. The van der Waals surface area contributed by atoms with E-state index in [0.717, 1.165) is 12.8 Å². The Labute approximate surface area is 126 Å². The van der Waals surface area contributed by atoms with Gasteiger partial charge in [0.1, 0.15) is 0 Å². The summed E-state index contributed by atoms with van der Waals surface area (Å²) in [5.74, 6) is 0.0155. The molecule has 1 aromatic carbocycles. The number of ketones is 1. The number of aliphatic hydroxyl groups excluding tert-OH is 1. The zero-order chi connectivity index (χ0) is 16.0. The van der Waals surface area contributed by atoms with Crippen LogP contribution in [-0.4, -0.2) is 32.0 Å². The minimum absolute atomic E-state index is 0.0270. The number of carbonyl (C=O) groups excluding carboxylic acids is 1. The first-order chi connectivity index (χ1) is 9.81. The number of nitrogens with one attached hydrogen (secondary N) is 1. The van der Waals surface area contributed by atoms with Crippen molar-refractivity contribution in [2.24, 2.45) is 5.92 Å². The largest absolute Gasteiger partial charge is 0.392 e. The molecule has 6 heteroatoms. The number of aliphatic hydroxyl groups is 1. The molecule has 1 atom stereocenters. The van der Waals surface area contributed by atoms with E-state index in [1.165, 1.54) is 31.2 Å². The van der Waals surface area contributed by atoms with Crippen molar-refractivity contribution in [2.75, 3.05) is 6.54 Å². The van der Waals surface area contributed by atoms with Crippen molar-refractivity contribution >= 4 is 15.8 Å². The molecule has 0 spiro atoms. The molecule has 21 heavy (non-hydrogen) atoms. The van der Waals surface area contributed by atoms with Crippen LogP contribution in [0.1, 0.15) is 44.0 Å². The van der Waals surface area contributed by atoms with Crippen molar-refractivity contribution in [3.8, 4) is 0 Å². The topological polar surface area (TPSA) is 83.5 Å². The standard InChI is InChI=1S/C15H23NO4S/c1-4-12(5-2)15(18)13-6-8-14(9-7-13)21(19,20)16-10-11(3)17/h6-9,11-12,16-17H,4-5,10H2,1-3H3. The molecule has 1 unspecified atom stereocenters. The van der Waals surface area contributed by atoms with E-state index in [1.54, 1.807) is 0 Å². The normalized spacial score (nSPS) is 13.4. The zero-order valence-corrected chi connectivity index (χ0v) is 13.5. The Morgan fingerprint density at radius 2 is 1.71 bits per heavy atom. The molecule has 1 rings (SSSR count). The van der Waals surface area contributed by atoms with E-state index in [9.17, 15) is 13.2 Å². The molecule has 1 aromatic rings. The summed E-state index contributed by atoms with van der Waals surface area (Å²) in [6.07, 6.45) is 0.784. The lowest BCUT2D eigenvalue weighted by Crippen LogP contribution is -2.30. The molecule has 2 N–H and O–H groups in total. The minimum atomic E-state index is -3.65. The third-order valence-electron chi connectivity index (χ3n) is 3.37. The number of sulfonamides is 1. The molecule has 0 heterocycles. The first-order valence-corrected chi connectivity index (χ1v) is 8.62. The van der Waals surface area contributed by atoms with Gasteiger partial charge in [0.25, 0.3) is 0 Å². The lowest BCUT2D eigenvalue weighted by atomic mass is 9.93. The van der Waals surface area contributed by atoms with Gasteiger partial charge in [-0.25, -0.2) is 13.1 Å². The van der Waals surface area contributed by atoms with E-state index < -0.39 is 16.1 Å². The number of Topliss-reactive ketones (excluding diaryl/α,β-unsaturated/α-hetero) is 1. The summed E-state index contributed by atoms with van der Waals surface area (Å²) >= 11 is 0. The van der Waals surface area contributed by atoms with Crippen LogP contribution in [0.2, 0.25) is 0 Å². The highest BCUT2D eigenvalue weighted by Crippen LogP contribution is 2.17. The van der Waals surface area contributed by atoms with Gasteiger partial charge >= 0.3 is 0 Å². The molecule has 0 aliphatic carbocycles. The molecular formula is C15H23NO4S. The number of benzene rings is 1. The highest BCUT2D eigenvalue weighted by Gasteiger charge is 2.18. The highest BCUT2D eigenvalue weighted by molar-refractivity contribution is 7.89. The van der Waals surface area contributed by atoms with Crippen LogP contribution in [0, 0.1) is 5.92 Å². The predicted octanol–water partition coefficient (Wildman–Crippen LogP) is 1.96. The summed E-state index contributed by atoms with van der Waals surface area (Å²) in [6, 6.07) is 5.91. The lowest BCUT2D eigenvalue weighted by Gasteiger charge is -2.12. The summed E-state index contributed by atoms with van der Waals surface area (Å²) in [5.41, 5.74) is 0.526. The maximum absolute atomic E-state index is 12.2. The van der Waals surface area contributed by atoms with E-state index in [0.29, 0.717) is 5.56 Å². The van der Waals surface area contributed by atoms with Gasteiger partial charge in [-0.3, -0.25) is 4.79 Å². The van der Waals surface area contributed by atoms with Gasteiger partial charge in [0.2, 0.25) is 10.0 Å². The SMILES string of the molecule is CCC(CC)C(=O)c1ccc(S(=O)(=O)NCC(C)O)cc1. The number of hydrogen-bond donors (Lipinski definition) is 2. The van der Waals surface area contributed by atoms with Crippen LogP contribution in [0.15, 0.2) is 29.2 Å². The van der Waals surface area contributed by atoms with Crippen LogP contribution < -0.4 is 4.72 Å². The summed E-state index contributed by atoms with van der Waals surface area (Å²) in [5, 5.41) is 9.12. The van der Waals surface area contributed by atoms with Crippen molar-refractivity contribution in [3.05, 3.63) is 29.8 Å². The Morgan fingerprint density at radius 3 is 2.14 bits per heavy atom. The van der Waals surface area contributed by atoms with Crippen LogP contribution >= 0.6 is 0 Å². The Kier molecular flexibility index (Phi) is 6.51. The van der Waals surface area contributed by atoms with E-state index in [1.807, 2.05) is 13.8 Å². The van der Waals surface area contributed by atoms with Gasteiger partial charge in [0, 0.05) is 18.0 Å². The average molecular weight is 313 g/mol. The Morgan fingerprint density at radius 1 is 1.19 bits per heavy atom. The fourth-order valence-electron chi connectivity index (χ4n) is 2.01. The molecule has 0 saturated heterocycles. The quantitative estimate of drug-likeness (QED) is 0.719. The highest BCUT2D eigenvalue weighted by atomic mass is 32.2. The smallest absolute Gasteiger partial charge is 0.240 e. The van der Waals surface area contributed by atoms with Gasteiger partial charge in [0.15, 0.2) is 5.78 Å². The number of carbonyl (C=O) groups is 1. The van der Waals surface area contributed by atoms with Crippen LogP contribution in [0.3, 0.4) is 0 Å². The van der Waals surface area contributed by atoms with Gasteiger partial charge < -0.3 is 5.11 Å². The van der Waals surface area contributed by atoms with E-state index in [4.69, 9.17) is 5.11 Å². The molecule has 0 aliphatic heterocycles. The van der Waals surface area contributed by atoms with Crippen molar-refractivity contribution in [1.82, 2.24) is 4.72 Å². The molecule has 0 aliphatic rings. The number of hydrogen-bond acceptors (Lipinski definition) is 4. The molecule has 5 nitrogen and oxygen atoms in total. The van der Waals surface area contributed by atoms with Crippen LogP contribution in [0.4, 0.5) is 0 Å². The van der Waals surface area contributed by atoms with Gasteiger partial charge in [-0.15, -0.1) is 0 Å². The molecule has 0 radical (unpaired) electrons. The first kappa shape index (κ1) is 17.8. The van der Waals surface area contributed by atoms with Crippen molar-refractivity contribution in [1.29, 1.82) is 0 Å². The third kappa shape index (κ3) is 4.91. The Balaban J connectivity index is 2.89. The van der Waals surface area contributed by atoms with Gasteiger partial charge in [-0.1, -0.05) is 26.0 Å². The molecule has 0 amide bonds. The Bertz CT molecular complexity index is 560. The fraction of sp³-hybridized carbons (Fsp3) is 0.533. The molecule has 0 aromatic heterocycles. The molecule has 0 bridgehead atoms. The van der Waals surface area contributed by atoms with E-state index in [-0.39, 0.29) is 23.1 Å². The van der Waals surface area contributed by atoms with Gasteiger partial charge in [0.05, 0.1) is 11.0 Å². The van der Waals surface area contributed by atoms with Crippen molar-refractivity contribution < 1.29 is 18.3 Å². The zero-order valence-electron chi connectivity index (χ0n) is 12.7. The second-order valence-corrected chi connectivity index (χ2v) is 6.87. The third-order valence-corrected chi connectivity index (χ3v) is 4.81. The summed E-state index contributed by atoms with van der Waals surface area (Å²) < 4.78 is 26.2. The second kappa shape index (κ2) is 7.68. The fourth-order valence-corrected chi connectivity index (χ4v) is 3.13. The monoisotopic (exact) mass is 313 g/mol. The second-order valence-electron chi connectivity index (χ2n) is 5.10. The maximum Gasteiger partial charge on any atom is 0.240 e. The Hall–Kier alpha value is -1.24. The number of rotatable bonds is 8. The van der Waals surface area contributed by atoms with Crippen molar-refractivity contribution in [3.63, 3.8) is 0 Å². The molecule has 118 valence electrons. The first-order valence-electron chi connectivity index (χ1n) is 7.13. The summed E-state index contributed by atoms with van der Waals surface area (Å²) in [6.45, 7) is 5.38. The molecular weight excluding hydrogens is 290 g/mol. The minimum Gasteiger partial charge on any atom is -0.392 e. The maximum atomic E-state index is 12.2. The van der Waals surface area contributed by atoms with Gasteiger partial charge in [-0.05, 0) is 31.9 Å². The summed E-state index contributed by atoms with van der Waals surface area (Å²) in [7, 11) is -3.65. The van der Waals surface area contributed by atoms with Gasteiger partial charge in [-0.2, -0.15) is 0 Å². The molecule has 0 fully saturated rings.